The highest BCUT2D eigenvalue weighted by Crippen LogP contribution is 2.12. The fraction of sp³-hybridized carbons (Fsp3) is 0.857. The first-order valence-electron chi connectivity index (χ1n) is 10.5. The molecule has 0 saturated carbocycles. The van der Waals surface area contributed by atoms with Crippen LogP contribution in [0.3, 0.4) is 0 Å². The Balaban J connectivity index is 1.75. The molecule has 140 valence electrons. The second kappa shape index (κ2) is 15.7. The molecule has 0 fully saturated rings. The molecule has 0 unspecified atom stereocenters. The number of hydrogen-bond donors (Lipinski definition) is 1. The number of rotatable bonds is 16. The molecule has 1 aliphatic heterocycles. The van der Waals surface area contributed by atoms with Gasteiger partial charge in [0.2, 0.25) is 0 Å². The number of hydrazine groups is 1. The molecule has 0 aromatic rings. The lowest BCUT2D eigenvalue weighted by Crippen LogP contribution is -2.34. The summed E-state index contributed by atoms with van der Waals surface area (Å²) in [7, 11) is 0. The molecule has 0 radical (unpaired) electrons. The van der Waals surface area contributed by atoms with E-state index in [1.165, 1.54) is 89.9 Å². The normalized spacial score (nSPS) is 14.8. The average Bonchev–Trinajstić information content (AvgIpc) is 2.99. The van der Waals surface area contributed by atoms with Crippen molar-refractivity contribution in [2.24, 2.45) is 10.8 Å². The van der Waals surface area contributed by atoms with Gasteiger partial charge in [-0.2, -0.15) is 0 Å². The smallest absolute Gasteiger partial charge is 0.113 e. The minimum absolute atomic E-state index is 0.887. The first kappa shape index (κ1) is 21.2. The van der Waals surface area contributed by atoms with E-state index in [9.17, 15) is 0 Å². The third-order valence-corrected chi connectivity index (χ3v) is 4.88. The SMILES string of the molecule is CCCCCCCCC=CCCCCCCCCC1=NCCN1N. The van der Waals surface area contributed by atoms with Gasteiger partial charge in [0.25, 0.3) is 0 Å². The summed E-state index contributed by atoms with van der Waals surface area (Å²) >= 11 is 0. The van der Waals surface area contributed by atoms with Gasteiger partial charge < -0.3 is 0 Å². The van der Waals surface area contributed by atoms with Gasteiger partial charge in [0.15, 0.2) is 0 Å². The minimum Gasteiger partial charge on any atom is -0.297 e. The van der Waals surface area contributed by atoms with E-state index in [0.29, 0.717) is 0 Å². The molecule has 1 rings (SSSR count). The highest BCUT2D eigenvalue weighted by atomic mass is 15.4. The van der Waals surface area contributed by atoms with Gasteiger partial charge in [0.05, 0.1) is 13.1 Å². The third-order valence-electron chi connectivity index (χ3n) is 4.88. The molecule has 0 aromatic carbocycles. The summed E-state index contributed by atoms with van der Waals surface area (Å²) in [5, 5.41) is 1.82. The fourth-order valence-corrected chi connectivity index (χ4v) is 3.26. The molecular weight excluding hydrogens is 294 g/mol. The van der Waals surface area contributed by atoms with Gasteiger partial charge in [-0.3, -0.25) is 10.0 Å². The van der Waals surface area contributed by atoms with Crippen molar-refractivity contribution in [1.82, 2.24) is 5.01 Å². The molecule has 24 heavy (non-hydrogen) atoms. The molecule has 0 amide bonds. The van der Waals surface area contributed by atoms with Crippen molar-refractivity contribution in [3.05, 3.63) is 12.2 Å². The van der Waals surface area contributed by atoms with Gasteiger partial charge in [-0.25, -0.2) is 5.84 Å². The Kier molecular flexibility index (Phi) is 13.9. The van der Waals surface area contributed by atoms with Crippen molar-refractivity contribution in [1.29, 1.82) is 0 Å². The topological polar surface area (TPSA) is 41.6 Å². The number of allylic oxidation sites excluding steroid dienone is 2. The molecule has 3 heteroatoms. The van der Waals surface area contributed by atoms with Gasteiger partial charge in [-0.15, -0.1) is 0 Å². The van der Waals surface area contributed by atoms with Crippen molar-refractivity contribution in [2.45, 2.75) is 103 Å². The number of nitrogens with two attached hydrogens (primary N) is 1. The van der Waals surface area contributed by atoms with E-state index in [1.807, 2.05) is 5.01 Å². The lowest BCUT2D eigenvalue weighted by atomic mass is 10.1. The summed E-state index contributed by atoms with van der Waals surface area (Å²) in [6.45, 7) is 4.07. The molecule has 0 aliphatic carbocycles. The summed E-state index contributed by atoms with van der Waals surface area (Å²) in [5.41, 5.74) is 0. The standard InChI is InChI=1S/C21H41N3/c1-2-3-4-5-6-7-8-9-10-11-12-13-14-15-16-17-18-21-23-19-20-24(21)22/h9-10H,2-8,11-20,22H2,1H3. The van der Waals surface area contributed by atoms with Gasteiger partial charge >= 0.3 is 0 Å². The highest BCUT2D eigenvalue weighted by Gasteiger charge is 2.11. The quantitative estimate of drug-likeness (QED) is 0.213. The van der Waals surface area contributed by atoms with Crippen molar-refractivity contribution in [2.75, 3.05) is 13.1 Å². The Morgan fingerprint density at radius 1 is 0.833 bits per heavy atom. The maximum absolute atomic E-state index is 5.84. The second-order valence-corrected chi connectivity index (χ2v) is 7.18. The van der Waals surface area contributed by atoms with Crippen molar-refractivity contribution < 1.29 is 0 Å². The second-order valence-electron chi connectivity index (χ2n) is 7.18. The van der Waals surface area contributed by atoms with Crippen LogP contribution in [0, 0.1) is 0 Å². The van der Waals surface area contributed by atoms with Gasteiger partial charge in [0, 0.05) is 6.42 Å². The monoisotopic (exact) mass is 335 g/mol. The van der Waals surface area contributed by atoms with E-state index in [-0.39, 0.29) is 0 Å². The Hall–Kier alpha value is -0.830. The van der Waals surface area contributed by atoms with Gasteiger partial charge in [0.1, 0.15) is 5.84 Å². The maximum Gasteiger partial charge on any atom is 0.113 e. The van der Waals surface area contributed by atoms with Crippen LogP contribution in [0.15, 0.2) is 17.1 Å². The largest absolute Gasteiger partial charge is 0.297 e. The molecular formula is C21H41N3. The molecule has 0 saturated heterocycles. The first-order chi connectivity index (χ1) is 11.8. The van der Waals surface area contributed by atoms with Crippen LogP contribution < -0.4 is 5.84 Å². The fourth-order valence-electron chi connectivity index (χ4n) is 3.26. The lowest BCUT2D eigenvalue weighted by molar-refractivity contribution is 0.470. The Morgan fingerprint density at radius 2 is 1.38 bits per heavy atom. The van der Waals surface area contributed by atoms with Crippen LogP contribution in [0.5, 0.6) is 0 Å². The van der Waals surface area contributed by atoms with Crippen LogP contribution in [0.25, 0.3) is 0 Å². The van der Waals surface area contributed by atoms with E-state index < -0.39 is 0 Å². The van der Waals surface area contributed by atoms with Crippen LogP contribution in [0.1, 0.15) is 103 Å². The molecule has 1 aliphatic rings. The van der Waals surface area contributed by atoms with Crippen molar-refractivity contribution in [3.8, 4) is 0 Å². The van der Waals surface area contributed by atoms with E-state index in [2.05, 4.69) is 24.1 Å². The zero-order chi connectivity index (χ0) is 17.3. The van der Waals surface area contributed by atoms with E-state index in [4.69, 9.17) is 5.84 Å². The summed E-state index contributed by atoms with van der Waals surface area (Å²) in [6, 6.07) is 0. The van der Waals surface area contributed by atoms with Crippen LogP contribution in [0.2, 0.25) is 0 Å². The Bertz CT molecular complexity index is 336. The Labute approximate surface area is 150 Å². The molecule has 0 aromatic heterocycles. The highest BCUT2D eigenvalue weighted by molar-refractivity contribution is 5.83. The van der Waals surface area contributed by atoms with E-state index >= 15 is 0 Å². The number of aliphatic imine (C=N–C) groups is 1. The van der Waals surface area contributed by atoms with Crippen LogP contribution in [0.4, 0.5) is 0 Å². The predicted molar refractivity (Wildman–Crippen MR) is 107 cm³/mol. The molecule has 0 atom stereocenters. The van der Waals surface area contributed by atoms with Crippen molar-refractivity contribution in [3.63, 3.8) is 0 Å². The van der Waals surface area contributed by atoms with Crippen LogP contribution >= 0.6 is 0 Å². The molecule has 0 bridgehead atoms. The third kappa shape index (κ3) is 11.7. The maximum atomic E-state index is 5.84. The van der Waals surface area contributed by atoms with Gasteiger partial charge in [-0.05, 0) is 32.1 Å². The van der Waals surface area contributed by atoms with Gasteiger partial charge in [-0.1, -0.05) is 76.9 Å². The molecule has 1 heterocycles. The zero-order valence-corrected chi connectivity index (χ0v) is 16.1. The molecule has 0 spiro atoms. The molecule has 3 nitrogen and oxygen atoms in total. The zero-order valence-electron chi connectivity index (χ0n) is 16.1. The minimum atomic E-state index is 0.887. The molecule has 2 N–H and O–H groups in total. The Morgan fingerprint density at radius 3 is 1.92 bits per heavy atom. The summed E-state index contributed by atoms with van der Waals surface area (Å²) < 4.78 is 0. The van der Waals surface area contributed by atoms with Crippen LogP contribution in [-0.2, 0) is 0 Å². The van der Waals surface area contributed by atoms with E-state index in [0.717, 1.165) is 25.3 Å². The average molecular weight is 336 g/mol. The summed E-state index contributed by atoms with van der Waals surface area (Å²) in [6.07, 6.45) is 24.9. The van der Waals surface area contributed by atoms with Crippen LogP contribution in [-0.4, -0.2) is 23.9 Å². The van der Waals surface area contributed by atoms with E-state index in [1.54, 1.807) is 0 Å². The lowest BCUT2D eigenvalue weighted by Gasteiger charge is -2.12. The number of hydrogen-bond acceptors (Lipinski definition) is 3. The summed E-state index contributed by atoms with van der Waals surface area (Å²) in [5.74, 6) is 6.96. The van der Waals surface area contributed by atoms with Crippen molar-refractivity contribution >= 4 is 5.84 Å². The number of unbranched alkanes of at least 4 members (excludes halogenated alkanes) is 12. The summed E-state index contributed by atoms with van der Waals surface area (Å²) in [4.78, 5) is 4.43. The number of amidine groups is 1. The number of nitrogens with zero attached hydrogens (tertiary/aromatic N) is 2. The first-order valence-corrected chi connectivity index (χ1v) is 10.5. The predicted octanol–water partition coefficient (Wildman–Crippen LogP) is 6.00.